The van der Waals surface area contributed by atoms with Crippen LogP contribution in [0.25, 0.3) is 0 Å². The topological polar surface area (TPSA) is 84.0 Å². The first-order valence-electron chi connectivity index (χ1n) is 8.37. The molecule has 9 heteroatoms. The zero-order valence-corrected chi connectivity index (χ0v) is 16.2. The van der Waals surface area contributed by atoms with E-state index in [-0.39, 0.29) is 28.9 Å². The summed E-state index contributed by atoms with van der Waals surface area (Å²) in [4.78, 5) is 33.5. The van der Waals surface area contributed by atoms with Gasteiger partial charge in [0.2, 0.25) is 0 Å². The second kappa shape index (κ2) is 9.38. The van der Waals surface area contributed by atoms with Crippen LogP contribution in [0.5, 0.6) is 0 Å². The number of nitrogens with one attached hydrogen (secondary N) is 2. The number of carbonyl (C=O) groups excluding carboxylic acids is 2. The van der Waals surface area contributed by atoms with Crippen LogP contribution in [0, 0.1) is 5.82 Å². The first-order valence-corrected chi connectivity index (χ1v) is 9.63. The molecule has 0 radical (unpaired) electrons. The monoisotopic (exact) mass is 418 g/mol. The number of carbonyl (C=O) groups is 2. The highest BCUT2D eigenvalue weighted by molar-refractivity contribution is 7.09. The molecule has 0 aliphatic carbocycles. The van der Waals surface area contributed by atoms with Gasteiger partial charge in [-0.1, -0.05) is 23.7 Å². The quantitative estimate of drug-likeness (QED) is 0.617. The van der Waals surface area contributed by atoms with Crippen LogP contribution in [0.15, 0.2) is 48.1 Å². The minimum atomic E-state index is -0.526. The summed E-state index contributed by atoms with van der Waals surface area (Å²) < 4.78 is 13.2. The number of aromatic nitrogens is 2. The molecule has 28 heavy (non-hydrogen) atoms. The van der Waals surface area contributed by atoms with E-state index in [9.17, 15) is 14.0 Å². The van der Waals surface area contributed by atoms with Crippen molar-refractivity contribution in [2.75, 3.05) is 6.54 Å². The Balaban J connectivity index is 1.56. The Kier molecular flexibility index (Phi) is 6.67. The number of rotatable bonds is 7. The van der Waals surface area contributed by atoms with E-state index in [1.165, 1.54) is 29.1 Å². The van der Waals surface area contributed by atoms with Crippen LogP contribution in [0.3, 0.4) is 0 Å². The molecule has 1 aromatic carbocycles. The summed E-state index contributed by atoms with van der Waals surface area (Å²) in [6.45, 7) is 0.612. The van der Waals surface area contributed by atoms with Gasteiger partial charge in [-0.25, -0.2) is 14.4 Å². The fraction of sp³-hybridized carbons (Fsp3) is 0.158. The zero-order chi connectivity index (χ0) is 19.9. The van der Waals surface area contributed by atoms with Gasteiger partial charge in [0.1, 0.15) is 23.5 Å². The second-order valence-electron chi connectivity index (χ2n) is 5.80. The number of thiophene rings is 1. The highest BCUT2D eigenvalue weighted by Gasteiger charge is 2.13. The molecule has 0 aliphatic rings. The summed E-state index contributed by atoms with van der Waals surface area (Å²) in [6, 6.07) is 9.47. The lowest BCUT2D eigenvalue weighted by molar-refractivity contribution is 0.0945. The molecular formula is C19H16ClFN4O2S. The predicted octanol–water partition coefficient (Wildman–Crippen LogP) is 3.23. The number of nitrogens with zero attached hydrogens (tertiary/aromatic N) is 2. The van der Waals surface area contributed by atoms with E-state index in [1.54, 1.807) is 11.3 Å². The smallest absolute Gasteiger partial charge is 0.270 e. The Labute approximate surface area is 169 Å². The van der Waals surface area contributed by atoms with Crippen molar-refractivity contribution in [2.45, 2.75) is 13.0 Å². The average molecular weight is 419 g/mol. The van der Waals surface area contributed by atoms with Gasteiger partial charge in [0, 0.05) is 24.0 Å². The van der Waals surface area contributed by atoms with E-state index in [4.69, 9.17) is 11.6 Å². The largest absolute Gasteiger partial charge is 0.350 e. The van der Waals surface area contributed by atoms with Gasteiger partial charge < -0.3 is 10.6 Å². The van der Waals surface area contributed by atoms with Gasteiger partial charge in [0.15, 0.2) is 0 Å². The molecule has 0 saturated heterocycles. The number of hydrogen-bond donors (Lipinski definition) is 2. The van der Waals surface area contributed by atoms with Crippen LogP contribution < -0.4 is 10.6 Å². The molecule has 2 aromatic heterocycles. The Bertz CT molecular complexity index is 982. The van der Waals surface area contributed by atoms with Crippen LogP contribution in [0.1, 0.15) is 31.4 Å². The number of hydrogen-bond acceptors (Lipinski definition) is 5. The average Bonchev–Trinajstić information content (AvgIpc) is 3.22. The molecule has 0 aliphatic heterocycles. The summed E-state index contributed by atoms with van der Waals surface area (Å²) in [5.74, 6) is -1.38. The van der Waals surface area contributed by atoms with Crippen molar-refractivity contribution in [3.05, 3.63) is 80.8 Å². The number of halogens is 2. The van der Waals surface area contributed by atoms with Crippen molar-refractivity contribution >= 4 is 34.8 Å². The molecule has 2 amide bonds. The summed E-state index contributed by atoms with van der Waals surface area (Å²) in [5, 5.41) is 7.38. The van der Waals surface area contributed by atoms with E-state index in [0.29, 0.717) is 12.1 Å². The third kappa shape index (κ3) is 5.34. The Morgan fingerprint density at radius 1 is 1.07 bits per heavy atom. The maximum Gasteiger partial charge on any atom is 0.270 e. The third-order valence-electron chi connectivity index (χ3n) is 3.81. The Morgan fingerprint density at radius 2 is 1.82 bits per heavy atom. The summed E-state index contributed by atoms with van der Waals surface area (Å²) in [7, 11) is 0. The van der Waals surface area contributed by atoms with Gasteiger partial charge in [-0.15, -0.1) is 11.3 Å². The lowest BCUT2D eigenvalue weighted by atomic mass is 10.2. The number of amides is 2. The lowest BCUT2D eigenvalue weighted by Crippen LogP contribution is -2.28. The molecular weight excluding hydrogens is 403 g/mol. The summed E-state index contributed by atoms with van der Waals surface area (Å²) in [5.41, 5.74) is 0.808. The number of benzene rings is 1. The zero-order valence-electron chi connectivity index (χ0n) is 14.6. The molecule has 3 aromatic rings. The standard InChI is InChI=1S/C19H16ClFN4O2S/c20-14-8-12(3-4-15(14)21)10-23-19(27)17-9-16(24-11-25-17)18(26)22-6-5-13-2-1-7-28-13/h1-4,7-9,11H,5-6,10H2,(H,22,26)(H,23,27). The fourth-order valence-corrected chi connectivity index (χ4v) is 3.28. The first kappa shape index (κ1) is 19.9. The molecule has 144 valence electrons. The van der Waals surface area contributed by atoms with Crippen molar-refractivity contribution in [3.63, 3.8) is 0 Å². The molecule has 3 rings (SSSR count). The SMILES string of the molecule is O=C(NCCc1cccs1)c1cc(C(=O)NCc2ccc(F)c(Cl)c2)ncn1. The normalized spacial score (nSPS) is 10.5. The van der Waals surface area contributed by atoms with Crippen molar-refractivity contribution in [2.24, 2.45) is 0 Å². The van der Waals surface area contributed by atoms with E-state index in [1.807, 2.05) is 17.5 Å². The van der Waals surface area contributed by atoms with Gasteiger partial charge in [0.05, 0.1) is 5.02 Å². The van der Waals surface area contributed by atoms with E-state index < -0.39 is 11.7 Å². The fourth-order valence-electron chi connectivity index (χ4n) is 2.37. The van der Waals surface area contributed by atoms with Gasteiger partial charge >= 0.3 is 0 Å². The van der Waals surface area contributed by atoms with E-state index >= 15 is 0 Å². The minimum absolute atomic E-state index is 0.0182. The van der Waals surface area contributed by atoms with Gasteiger partial charge in [-0.3, -0.25) is 9.59 Å². The van der Waals surface area contributed by atoms with Crippen LogP contribution in [0.4, 0.5) is 4.39 Å². The van der Waals surface area contributed by atoms with Crippen LogP contribution in [-0.2, 0) is 13.0 Å². The highest BCUT2D eigenvalue weighted by Crippen LogP contribution is 2.16. The maximum absolute atomic E-state index is 13.2. The van der Waals surface area contributed by atoms with Crippen molar-refractivity contribution in [1.82, 2.24) is 20.6 Å². The molecule has 0 atom stereocenters. The molecule has 0 bridgehead atoms. The lowest BCUT2D eigenvalue weighted by Gasteiger charge is -2.07. The van der Waals surface area contributed by atoms with Gasteiger partial charge in [-0.05, 0) is 35.6 Å². The van der Waals surface area contributed by atoms with E-state index in [0.717, 1.165) is 12.7 Å². The van der Waals surface area contributed by atoms with E-state index in [2.05, 4.69) is 20.6 Å². The molecule has 2 N–H and O–H groups in total. The highest BCUT2D eigenvalue weighted by atomic mass is 35.5. The van der Waals surface area contributed by atoms with Gasteiger partial charge in [-0.2, -0.15) is 0 Å². The van der Waals surface area contributed by atoms with Crippen LogP contribution in [-0.4, -0.2) is 28.3 Å². The van der Waals surface area contributed by atoms with Crippen molar-refractivity contribution < 1.29 is 14.0 Å². The molecule has 6 nitrogen and oxygen atoms in total. The van der Waals surface area contributed by atoms with Crippen LogP contribution in [0.2, 0.25) is 5.02 Å². The Hall–Kier alpha value is -2.84. The first-order chi connectivity index (χ1) is 13.5. The predicted molar refractivity (Wildman–Crippen MR) is 105 cm³/mol. The summed E-state index contributed by atoms with van der Waals surface area (Å²) in [6.07, 6.45) is 1.89. The maximum atomic E-state index is 13.2. The molecule has 0 fully saturated rings. The third-order valence-corrected chi connectivity index (χ3v) is 5.03. The molecule has 0 unspecified atom stereocenters. The molecule has 0 saturated carbocycles. The molecule has 2 heterocycles. The van der Waals surface area contributed by atoms with Crippen molar-refractivity contribution in [1.29, 1.82) is 0 Å². The second-order valence-corrected chi connectivity index (χ2v) is 7.24. The molecule has 0 spiro atoms. The Morgan fingerprint density at radius 3 is 2.50 bits per heavy atom. The summed E-state index contributed by atoms with van der Waals surface area (Å²) >= 11 is 7.35. The van der Waals surface area contributed by atoms with Gasteiger partial charge in [0.25, 0.3) is 11.8 Å². The van der Waals surface area contributed by atoms with Crippen molar-refractivity contribution in [3.8, 4) is 0 Å². The van der Waals surface area contributed by atoms with Crippen LogP contribution >= 0.6 is 22.9 Å². The minimum Gasteiger partial charge on any atom is -0.350 e.